The molecule has 3 rings (SSSR count). The first-order valence-electron chi connectivity index (χ1n) is 8.00. The summed E-state index contributed by atoms with van der Waals surface area (Å²) in [6.45, 7) is 3.64. The van der Waals surface area contributed by atoms with Crippen LogP contribution in [0.15, 0.2) is 58.4 Å². The van der Waals surface area contributed by atoms with Crippen molar-refractivity contribution in [2.24, 2.45) is 0 Å². The minimum atomic E-state index is -0.389. The molecule has 0 spiro atoms. The molecule has 0 aliphatic rings. The molecular weight excluding hydrogens is 372 g/mol. The van der Waals surface area contributed by atoms with Crippen molar-refractivity contribution >= 4 is 35.0 Å². The lowest BCUT2D eigenvalue weighted by atomic mass is 10.3. The van der Waals surface area contributed by atoms with Gasteiger partial charge in [-0.3, -0.25) is 14.0 Å². The van der Waals surface area contributed by atoms with E-state index in [0.717, 1.165) is 10.5 Å². The van der Waals surface area contributed by atoms with Crippen LogP contribution >= 0.6 is 23.4 Å². The number of carbonyl (C=O) groups is 1. The quantitative estimate of drug-likeness (QED) is 0.490. The number of hydrogen-bond donors (Lipinski definition) is 0. The van der Waals surface area contributed by atoms with E-state index < -0.39 is 0 Å². The Morgan fingerprint density at radius 2 is 2.00 bits per heavy atom. The average molecular weight is 389 g/mol. The van der Waals surface area contributed by atoms with E-state index in [1.54, 1.807) is 31.3 Å². The summed E-state index contributed by atoms with van der Waals surface area (Å²) in [6, 6.07) is 12.3. The van der Waals surface area contributed by atoms with E-state index in [9.17, 15) is 9.59 Å². The van der Waals surface area contributed by atoms with Crippen LogP contribution in [-0.4, -0.2) is 20.6 Å². The lowest BCUT2D eigenvalue weighted by molar-refractivity contribution is -0.144. The number of carbonyl (C=O) groups excluding carboxylic acids is 1. The summed E-state index contributed by atoms with van der Waals surface area (Å²) >= 11 is 7.24. The standard InChI is InChI=1S/C19H17ClN2O3S/c1-12-3-8-17-21-15(9-18(23)22(17)10-12)11-25-19(24)13(2)26-16-6-4-14(20)5-7-16/h3-10,13H,11H2,1-2H3. The third kappa shape index (κ3) is 4.45. The lowest BCUT2D eigenvalue weighted by Crippen LogP contribution is -2.19. The van der Waals surface area contributed by atoms with Crippen LogP contribution in [0.2, 0.25) is 5.02 Å². The van der Waals surface area contributed by atoms with E-state index in [2.05, 4.69) is 4.98 Å². The van der Waals surface area contributed by atoms with E-state index in [4.69, 9.17) is 16.3 Å². The number of halogens is 1. The molecule has 0 aliphatic carbocycles. The van der Waals surface area contributed by atoms with Gasteiger partial charge in [0.05, 0.1) is 5.69 Å². The third-order valence-electron chi connectivity index (χ3n) is 3.68. The number of aromatic nitrogens is 2. The molecule has 3 aromatic rings. The Morgan fingerprint density at radius 3 is 2.73 bits per heavy atom. The molecule has 2 heterocycles. The van der Waals surface area contributed by atoms with E-state index in [1.807, 2.05) is 25.1 Å². The van der Waals surface area contributed by atoms with Gasteiger partial charge in [0.1, 0.15) is 17.5 Å². The van der Waals surface area contributed by atoms with E-state index in [1.165, 1.54) is 22.2 Å². The molecule has 2 aromatic heterocycles. The van der Waals surface area contributed by atoms with Crippen molar-refractivity contribution < 1.29 is 9.53 Å². The minimum absolute atomic E-state index is 0.0377. The van der Waals surface area contributed by atoms with Crippen LogP contribution in [0.1, 0.15) is 18.2 Å². The van der Waals surface area contributed by atoms with Gasteiger partial charge < -0.3 is 4.74 Å². The number of thioether (sulfide) groups is 1. The van der Waals surface area contributed by atoms with Crippen molar-refractivity contribution in [3.63, 3.8) is 0 Å². The fraction of sp³-hybridized carbons (Fsp3) is 0.211. The van der Waals surface area contributed by atoms with Gasteiger partial charge in [0, 0.05) is 22.2 Å². The van der Waals surface area contributed by atoms with Crippen molar-refractivity contribution in [3.05, 3.63) is 75.3 Å². The number of nitrogens with zero attached hydrogens (tertiary/aromatic N) is 2. The maximum absolute atomic E-state index is 12.2. The molecule has 0 fully saturated rings. The van der Waals surface area contributed by atoms with E-state index in [0.29, 0.717) is 16.4 Å². The predicted octanol–water partition coefficient (Wildman–Crippen LogP) is 3.88. The van der Waals surface area contributed by atoms with Gasteiger partial charge in [0.15, 0.2) is 0 Å². The summed E-state index contributed by atoms with van der Waals surface area (Å²) < 4.78 is 6.79. The molecule has 0 saturated carbocycles. The summed E-state index contributed by atoms with van der Waals surface area (Å²) in [6.07, 6.45) is 1.73. The Morgan fingerprint density at radius 1 is 1.27 bits per heavy atom. The van der Waals surface area contributed by atoms with Gasteiger partial charge in [0.25, 0.3) is 5.56 Å². The molecule has 134 valence electrons. The van der Waals surface area contributed by atoms with Gasteiger partial charge in [-0.25, -0.2) is 4.98 Å². The van der Waals surface area contributed by atoms with Crippen LogP contribution in [0.25, 0.3) is 5.65 Å². The fourth-order valence-electron chi connectivity index (χ4n) is 2.36. The van der Waals surface area contributed by atoms with Gasteiger partial charge >= 0.3 is 5.97 Å². The average Bonchev–Trinajstić information content (AvgIpc) is 2.62. The van der Waals surface area contributed by atoms with E-state index in [-0.39, 0.29) is 23.4 Å². The number of ether oxygens (including phenoxy) is 1. The molecule has 1 unspecified atom stereocenters. The normalized spacial score (nSPS) is 12.1. The summed E-state index contributed by atoms with van der Waals surface area (Å²) in [5.41, 5.74) is 1.72. The van der Waals surface area contributed by atoms with Crippen LogP contribution in [0.5, 0.6) is 0 Å². The largest absolute Gasteiger partial charge is 0.458 e. The molecule has 1 atom stereocenters. The second-order valence-electron chi connectivity index (χ2n) is 5.84. The molecule has 0 aliphatic heterocycles. The summed E-state index contributed by atoms with van der Waals surface area (Å²) in [4.78, 5) is 29.7. The highest BCUT2D eigenvalue weighted by atomic mass is 35.5. The SMILES string of the molecule is Cc1ccc2nc(COC(=O)C(C)Sc3ccc(Cl)cc3)cc(=O)n2c1. The molecule has 1 aromatic carbocycles. The zero-order chi connectivity index (χ0) is 18.7. The Hall–Kier alpha value is -2.31. The molecule has 5 nitrogen and oxygen atoms in total. The molecule has 0 bridgehead atoms. The smallest absolute Gasteiger partial charge is 0.319 e. The molecule has 0 N–H and O–H groups in total. The highest BCUT2D eigenvalue weighted by Crippen LogP contribution is 2.25. The molecule has 0 amide bonds. The maximum atomic E-state index is 12.2. The van der Waals surface area contributed by atoms with Gasteiger partial charge in [-0.05, 0) is 49.7 Å². The number of benzene rings is 1. The fourth-order valence-corrected chi connectivity index (χ4v) is 3.35. The zero-order valence-corrected chi connectivity index (χ0v) is 15.9. The van der Waals surface area contributed by atoms with Gasteiger partial charge in [-0.1, -0.05) is 17.7 Å². The Balaban J connectivity index is 1.65. The summed E-state index contributed by atoms with van der Waals surface area (Å²) in [5.74, 6) is -0.365. The second-order valence-corrected chi connectivity index (χ2v) is 7.69. The first kappa shape index (κ1) is 18.5. The molecule has 26 heavy (non-hydrogen) atoms. The van der Waals surface area contributed by atoms with Crippen LogP contribution in [-0.2, 0) is 16.1 Å². The monoisotopic (exact) mass is 388 g/mol. The zero-order valence-electron chi connectivity index (χ0n) is 14.3. The van der Waals surface area contributed by atoms with Crippen molar-refractivity contribution in [1.82, 2.24) is 9.38 Å². The number of esters is 1. The van der Waals surface area contributed by atoms with Crippen LogP contribution in [0, 0.1) is 6.92 Å². The second kappa shape index (κ2) is 7.93. The number of pyridine rings is 1. The maximum Gasteiger partial charge on any atom is 0.319 e. The number of fused-ring (bicyclic) bond motifs is 1. The Labute approximate surface area is 160 Å². The summed E-state index contributed by atoms with van der Waals surface area (Å²) in [5, 5.41) is 0.258. The molecule has 0 saturated heterocycles. The van der Waals surface area contributed by atoms with Crippen LogP contribution < -0.4 is 5.56 Å². The molecule has 7 heteroatoms. The van der Waals surface area contributed by atoms with Gasteiger partial charge in [0.2, 0.25) is 0 Å². The first-order valence-corrected chi connectivity index (χ1v) is 9.26. The summed E-state index contributed by atoms with van der Waals surface area (Å²) in [7, 11) is 0. The van der Waals surface area contributed by atoms with Gasteiger partial charge in [-0.2, -0.15) is 0 Å². The number of hydrogen-bond acceptors (Lipinski definition) is 5. The predicted molar refractivity (Wildman–Crippen MR) is 103 cm³/mol. The third-order valence-corrected chi connectivity index (χ3v) is 5.02. The van der Waals surface area contributed by atoms with Crippen molar-refractivity contribution in [2.45, 2.75) is 30.6 Å². The van der Waals surface area contributed by atoms with E-state index >= 15 is 0 Å². The minimum Gasteiger partial charge on any atom is -0.458 e. The Bertz CT molecular complexity index is 1000. The van der Waals surface area contributed by atoms with Crippen LogP contribution in [0.4, 0.5) is 0 Å². The highest BCUT2D eigenvalue weighted by molar-refractivity contribution is 8.00. The lowest BCUT2D eigenvalue weighted by Gasteiger charge is -2.11. The van der Waals surface area contributed by atoms with Gasteiger partial charge in [-0.15, -0.1) is 11.8 Å². The Kier molecular flexibility index (Phi) is 5.64. The first-order chi connectivity index (χ1) is 12.4. The number of rotatable bonds is 5. The molecule has 0 radical (unpaired) electrons. The van der Waals surface area contributed by atoms with Crippen LogP contribution in [0.3, 0.4) is 0 Å². The van der Waals surface area contributed by atoms with Crippen molar-refractivity contribution in [3.8, 4) is 0 Å². The number of aryl methyl sites for hydroxylation is 1. The van der Waals surface area contributed by atoms with Crippen molar-refractivity contribution in [2.75, 3.05) is 0 Å². The van der Waals surface area contributed by atoms with Crippen molar-refractivity contribution in [1.29, 1.82) is 0 Å². The topological polar surface area (TPSA) is 60.7 Å². The highest BCUT2D eigenvalue weighted by Gasteiger charge is 2.16. The molecular formula is C19H17ClN2O3S.